The van der Waals surface area contributed by atoms with Gasteiger partial charge in [0.15, 0.2) is 0 Å². The summed E-state index contributed by atoms with van der Waals surface area (Å²) in [4.78, 5) is 15.6. The van der Waals surface area contributed by atoms with E-state index in [1.807, 2.05) is 24.3 Å². The van der Waals surface area contributed by atoms with Gasteiger partial charge in [-0.25, -0.2) is 4.79 Å². The minimum atomic E-state index is -0.169. The molecule has 1 aliphatic heterocycles. The molecule has 5 heteroatoms. The molecule has 1 heterocycles. The zero-order chi connectivity index (χ0) is 22.4. The number of halogens is 1. The lowest BCUT2D eigenvalue weighted by molar-refractivity contribution is -0.0239. The van der Waals surface area contributed by atoms with Crippen molar-refractivity contribution < 1.29 is 4.79 Å². The highest BCUT2D eigenvalue weighted by Crippen LogP contribution is 2.56. The standard InChI is InChI=1S/C28H34IN3O/c29-21-8-11-22(12-9-21)30-27(33)31-23-10-7-20-16-26-24-6-1-2-13-28(24,25(20)17-23)14-15-32(26)18-19-4-3-5-19/h7-12,17,19,24,26H,1-6,13-16,18H2,(H2,30,31,33)/t24-,26+,28+/m0/s1. The normalized spacial score (nSPS) is 28.9. The summed E-state index contributed by atoms with van der Waals surface area (Å²) in [7, 11) is 0. The Bertz CT molecular complexity index is 1030. The Morgan fingerprint density at radius 1 is 0.970 bits per heavy atom. The van der Waals surface area contributed by atoms with Crippen LogP contribution in [-0.4, -0.2) is 30.1 Å². The van der Waals surface area contributed by atoms with Crippen molar-refractivity contribution in [2.45, 2.75) is 69.2 Å². The molecule has 3 aliphatic carbocycles. The van der Waals surface area contributed by atoms with Gasteiger partial charge in [-0.2, -0.15) is 0 Å². The maximum absolute atomic E-state index is 12.7. The lowest BCUT2D eigenvalue weighted by Gasteiger charge is -2.59. The quantitative estimate of drug-likeness (QED) is 0.408. The molecule has 2 bridgehead atoms. The fourth-order valence-corrected chi connectivity index (χ4v) is 7.58. The van der Waals surface area contributed by atoms with Crippen LogP contribution in [0.15, 0.2) is 42.5 Å². The maximum Gasteiger partial charge on any atom is 0.323 e. The Labute approximate surface area is 211 Å². The van der Waals surface area contributed by atoms with Crippen molar-refractivity contribution in [2.24, 2.45) is 11.8 Å². The Morgan fingerprint density at radius 3 is 2.55 bits per heavy atom. The van der Waals surface area contributed by atoms with Crippen LogP contribution in [0.5, 0.6) is 0 Å². The molecule has 3 atom stereocenters. The van der Waals surface area contributed by atoms with E-state index in [1.165, 1.54) is 76.4 Å². The molecule has 0 radical (unpaired) electrons. The fraction of sp³-hybridized carbons (Fsp3) is 0.536. The number of rotatable bonds is 4. The monoisotopic (exact) mass is 555 g/mol. The second-order valence-corrected chi connectivity index (χ2v) is 12.0. The van der Waals surface area contributed by atoms with Gasteiger partial charge in [0.05, 0.1) is 0 Å². The summed E-state index contributed by atoms with van der Waals surface area (Å²) >= 11 is 2.27. The lowest BCUT2D eigenvalue weighted by atomic mass is 9.52. The van der Waals surface area contributed by atoms with Crippen LogP contribution in [0.2, 0.25) is 0 Å². The summed E-state index contributed by atoms with van der Waals surface area (Å²) in [5.41, 5.74) is 5.12. The van der Waals surface area contributed by atoms with Gasteiger partial charge in [0.2, 0.25) is 0 Å². The summed E-state index contributed by atoms with van der Waals surface area (Å²) < 4.78 is 1.16. The number of likely N-dealkylation sites (tertiary alicyclic amines) is 1. The molecule has 4 aliphatic rings. The van der Waals surface area contributed by atoms with Gasteiger partial charge in [-0.15, -0.1) is 0 Å². The Morgan fingerprint density at radius 2 is 1.76 bits per heavy atom. The highest BCUT2D eigenvalue weighted by atomic mass is 127. The number of fused-ring (bicyclic) bond motifs is 1. The zero-order valence-corrected chi connectivity index (χ0v) is 21.4. The highest BCUT2D eigenvalue weighted by Gasteiger charge is 2.53. The highest BCUT2D eigenvalue weighted by molar-refractivity contribution is 14.1. The molecule has 2 aromatic carbocycles. The number of amides is 2. The van der Waals surface area contributed by atoms with Crippen molar-refractivity contribution in [1.82, 2.24) is 4.90 Å². The number of anilines is 2. The molecule has 3 fully saturated rings. The van der Waals surface area contributed by atoms with E-state index in [2.05, 4.69) is 56.3 Å². The first-order valence-electron chi connectivity index (χ1n) is 12.8. The van der Waals surface area contributed by atoms with E-state index in [-0.39, 0.29) is 6.03 Å². The molecule has 2 N–H and O–H groups in total. The molecule has 2 amide bonds. The number of piperidine rings is 1. The second-order valence-electron chi connectivity index (χ2n) is 10.8. The van der Waals surface area contributed by atoms with Crippen molar-refractivity contribution in [3.8, 4) is 0 Å². The van der Waals surface area contributed by atoms with E-state index < -0.39 is 0 Å². The van der Waals surface area contributed by atoms with E-state index in [0.717, 1.165) is 32.8 Å². The van der Waals surface area contributed by atoms with Gasteiger partial charge in [0.25, 0.3) is 0 Å². The summed E-state index contributed by atoms with van der Waals surface area (Å²) in [6.07, 6.45) is 12.2. The van der Waals surface area contributed by atoms with Gasteiger partial charge in [0, 0.05) is 32.9 Å². The number of nitrogens with one attached hydrogen (secondary N) is 2. The van der Waals surface area contributed by atoms with Crippen LogP contribution in [0, 0.1) is 15.4 Å². The molecular weight excluding hydrogens is 521 g/mol. The summed E-state index contributed by atoms with van der Waals surface area (Å²) in [6.45, 7) is 2.58. The third-order valence-corrected chi connectivity index (χ3v) is 9.75. The number of carbonyl (C=O) groups is 1. The first-order chi connectivity index (χ1) is 16.1. The van der Waals surface area contributed by atoms with E-state index in [4.69, 9.17) is 0 Å². The lowest BCUT2D eigenvalue weighted by Crippen LogP contribution is -2.61. The van der Waals surface area contributed by atoms with Crippen molar-refractivity contribution in [3.63, 3.8) is 0 Å². The van der Waals surface area contributed by atoms with Crippen LogP contribution in [0.25, 0.3) is 0 Å². The number of carbonyl (C=O) groups excluding carboxylic acids is 1. The molecule has 2 aromatic rings. The predicted molar refractivity (Wildman–Crippen MR) is 143 cm³/mol. The van der Waals surface area contributed by atoms with Crippen molar-refractivity contribution in [1.29, 1.82) is 0 Å². The summed E-state index contributed by atoms with van der Waals surface area (Å²) in [5.74, 6) is 1.73. The summed E-state index contributed by atoms with van der Waals surface area (Å²) in [6, 6.07) is 15.2. The maximum atomic E-state index is 12.7. The average Bonchev–Trinajstić information content (AvgIpc) is 2.79. The Kier molecular flexibility index (Phi) is 5.89. The largest absolute Gasteiger partial charge is 0.323 e. The van der Waals surface area contributed by atoms with Gasteiger partial charge >= 0.3 is 6.03 Å². The number of nitrogens with zero attached hydrogens (tertiary/aromatic N) is 1. The summed E-state index contributed by atoms with van der Waals surface area (Å²) in [5, 5.41) is 6.08. The predicted octanol–water partition coefficient (Wildman–Crippen LogP) is 6.79. The molecule has 4 nitrogen and oxygen atoms in total. The van der Waals surface area contributed by atoms with E-state index in [0.29, 0.717) is 5.41 Å². The topological polar surface area (TPSA) is 44.4 Å². The van der Waals surface area contributed by atoms with E-state index in [1.54, 1.807) is 5.56 Å². The van der Waals surface area contributed by atoms with Crippen LogP contribution in [-0.2, 0) is 11.8 Å². The van der Waals surface area contributed by atoms with Gasteiger partial charge in [-0.1, -0.05) is 25.3 Å². The molecule has 0 aromatic heterocycles. The third-order valence-electron chi connectivity index (χ3n) is 9.03. The number of hydrogen-bond donors (Lipinski definition) is 2. The van der Waals surface area contributed by atoms with E-state index >= 15 is 0 Å². The van der Waals surface area contributed by atoms with Gasteiger partial charge in [-0.05, 0) is 127 Å². The molecule has 33 heavy (non-hydrogen) atoms. The number of urea groups is 1. The first kappa shape index (κ1) is 21.9. The van der Waals surface area contributed by atoms with Crippen molar-refractivity contribution in [3.05, 3.63) is 57.2 Å². The molecule has 2 saturated carbocycles. The molecule has 174 valence electrons. The van der Waals surface area contributed by atoms with Crippen LogP contribution >= 0.6 is 22.6 Å². The Hall–Kier alpha value is -1.60. The van der Waals surface area contributed by atoms with Crippen molar-refractivity contribution in [2.75, 3.05) is 23.7 Å². The SMILES string of the molecule is O=C(Nc1ccc(I)cc1)Nc1ccc2c(c1)[C@@]13CCCC[C@H]1[C@@H](C2)N(CC1CCC1)CC3. The Balaban J connectivity index is 1.24. The van der Waals surface area contributed by atoms with Crippen LogP contribution in [0.4, 0.5) is 16.2 Å². The molecule has 6 rings (SSSR count). The zero-order valence-electron chi connectivity index (χ0n) is 19.3. The molecule has 0 unspecified atom stereocenters. The smallest absolute Gasteiger partial charge is 0.308 e. The first-order valence-corrected chi connectivity index (χ1v) is 13.9. The minimum absolute atomic E-state index is 0.169. The van der Waals surface area contributed by atoms with Crippen molar-refractivity contribution >= 4 is 40.0 Å². The van der Waals surface area contributed by atoms with Crippen LogP contribution in [0.3, 0.4) is 0 Å². The van der Waals surface area contributed by atoms with E-state index in [9.17, 15) is 4.79 Å². The third kappa shape index (κ3) is 4.09. The van der Waals surface area contributed by atoms with Gasteiger partial charge < -0.3 is 10.6 Å². The van der Waals surface area contributed by atoms with Crippen LogP contribution < -0.4 is 10.6 Å². The second kappa shape index (κ2) is 8.88. The molecular formula is C28H34IN3O. The minimum Gasteiger partial charge on any atom is -0.308 e. The average molecular weight is 556 g/mol. The fourth-order valence-electron chi connectivity index (χ4n) is 7.22. The number of hydrogen-bond acceptors (Lipinski definition) is 2. The molecule has 1 saturated heterocycles. The molecule has 0 spiro atoms. The number of benzene rings is 2. The van der Waals surface area contributed by atoms with Crippen LogP contribution in [0.1, 0.15) is 62.5 Å². The van der Waals surface area contributed by atoms with Gasteiger partial charge in [0.1, 0.15) is 0 Å². The van der Waals surface area contributed by atoms with Gasteiger partial charge in [-0.3, -0.25) is 4.90 Å².